The van der Waals surface area contributed by atoms with Crippen molar-refractivity contribution in [1.82, 2.24) is 15.5 Å². The first-order valence-corrected chi connectivity index (χ1v) is 9.09. The Balaban J connectivity index is 1.60. The molecule has 1 amide bonds. The first kappa shape index (κ1) is 16.1. The Kier molecular flexibility index (Phi) is 4.19. The van der Waals surface area contributed by atoms with Crippen LogP contribution >= 0.6 is 0 Å². The Bertz CT molecular complexity index is 765. The van der Waals surface area contributed by atoms with Crippen LogP contribution in [0, 0.1) is 0 Å². The summed E-state index contributed by atoms with van der Waals surface area (Å²) in [6.45, 7) is 2.54. The van der Waals surface area contributed by atoms with Crippen LogP contribution in [0.25, 0.3) is 0 Å². The molecule has 1 atom stereocenters. The van der Waals surface area contributed by atoms with E-state index in [-0.39, 0.29) is 11.8 Å². The molecule has 25 heavy (non-hydrogen) atoms. The van der Waals surface area contributed by atoms with Gasteiger partial charge in [0.25, 0.3) is 0 Å². The van der Waals surface area contributed by atoms with Crippen LogP contribution in [-0.4, -0.2) is 22.7 Å². The van der Waals surface area contributed by atoms with E-state index in [4.69, 9.17) is 9.26 Å². The van der Waals surface area contributed by atoms with Gasteiger partial charge in [-0.3, -0.25) is 4.79 Å². The number of rotatable bonds is 4. The van der Waals surface area contributed by atoms with Crippen LogP contribution in [0.2, 0.25) is 0 Å². The summed E-state index contributed by atoms with van der Waals surface area (Å²) in [7, 11) is 0. The van der Waals surface area contributed by atoms with E-state index < -0.39 is 5.54 Å². The number of aryl methyl sites for hydroxylation is 1. The van der Waals surface area contributed by atoms with Gasteiger partial charge < -0.3 is 14.6 Å². The SMILES string of the molecule is CCc1nc(C2(NC(=O)[C@@H]3CCOc4ccccc43)CCCC2)no1. The Hall–Kier alpha value is -2.37. The van der Waals surface area contributed by atoms with E-state index in [0.29, 0.717) is 31.2 Å². The number of benzene rings is 1. The molecule has 1 N–H and O–H groups in total. The molecule has 0 spiro atoms. The fraction of sp³-hybridized carbons (Fsp3) is 0.526. The maximum atomic E-state index is 13.1. The topological polar surface area (TPSA) is 77.2 Å². The molecule has 1 aliphatic heterocycles. The molecule has 1 fully saturated rings. The largest absolute Gasteiger partial charge is 0.493 e. The molecule has 2 aliphatic rings. The maximum absolute atomic E-state index is 13.1. The summed E-state index contributed by atoms with van der Waals surface area (Å²) in [5.74, 6) is 1.88. The Labute approximate surface area is 147 Å². The highest BCUT2D eigenvalue weighted by molar-refractivity contribution is 5.85. The summed E-state index contributed by atoms with van der Waals surface area (Å²) in [6.07, 6.45) is 5.20. The van der Waals surface area contributed by atoms with Crippen LogP contribution in [0.3, 0.4) is 0 Å². The summed E-state index contributed by atoms with van der Waals surface area (Å²) in [5, 5.41) is 7.44. The minimum atomic E-state index is -0.499. The van der Waals surface area contributed by atoms with Crippen molar-refractivity contribution in [2.75, 3.05) is 6.61 Å². The molecule has 2 aromatic rings. The first-order chi connectivity index (χ1) is 12.2. The number of carbonyl (C=O) groups is 1. The minimum Gasteiger partial charge on any atom is -0.493 e. The standard InChI is InChI=1S/C19H23N3O3/c1-2-16-20-18(22-25-16)19(10-5-6-11-19)21-17(23)14-9-12-24-15-8-4-3-7-13(14)15/h3-4,7-8,14H,2,5-6,9-12H2,1H3,(H,21,23)/t14-/m1/s1. The fourth-order valence-corrected chi connectivity index (χ4v) is 3.91. The van der Waals surface area contributed by atoms with Gasteiger partial charge in [0.1, 0.15) is 11.3 Å². The van der Waals surface area contributed by atoms with Crippen LogP contribution < -0.4 is 10.1 Å². The third kappa shape index (κ3) is 2.90. The fourth-order valence-electron chi connectivity index (χ4n) is 3.91. The predicted molar refractivity (Wildman–Crippen MR) is 91.3 cm³/mol. The summed E-state index contributed by atoms with van der Waals surface area (Å²) in [5.41, 5.74) is 0.461. The molecule has 6 nitrogen and oxygen atoms in total. The Morgan fingerprint density at radius 1 is 1.32 bits per heavy atom. The highest BCUT2D eigenvalue weighted by atomic mass is 16.5. The summed E-state index contributed by atoms with van der Waals surface area (Å²) in [4.78, 5) is 17.6. The van der Waals surface area contributed by atoms with Crippen LogP contribution in [-0.2, 0) is 16.8 Å². The molecule has 1 aliphatic carbocycles. The van der Waals surface area contributed by atoms with Crippen molar-refractivity contribution in [3.63, 3.8) is 0 Å². The van der Waals surface area contributed by atoms with E-state index >= 15 is 0 Å². The zero-order valence-corrected chi connectivity index (χ0v) is 14.5. The van der Waals surface area contributed by atoms with Crippen molar-refractivity contribution >= 4 is 5.91 Å². The second kappa shape index (κ2) is 6.50. The van der Waals surface area contributed by atoms with E-state index in [1.165, 1.54) is 0 Å². The number of fused-ring (bicyclic) bond motifs is 1. The summed E-state index contributed by atoms with van der Waals surface area (Å²) >= 11 is 0. The molecule has 1 aromatic heterocycles. The van der Waals surface area contributed by atoms with Gasteiger partial charge in [0.05, 0.1) is 12.5 Å². The molecular weight excluding hydrogens is 318 g/mol. The van der Waals surface area contributed by atoms with Crippen molar-refractivity contribution in [2.24, 2.45) is 0 Å². The number of para-hydroxylation sites is 1. The molecule has 0 saturated heterocycles. The van der Waals surface area contributed by atoms with Gasteiger partial charge in [-0.15, -0.1) is 0 Å². The van der Waals surface area contributed by atoms with Crippen molar-refractivity contribution in [2.45, 2.75) is 56.9 Å². The quantitative estimate of drug-likeness (QED) is 0.925. The number of nitrogens with one attached hydrogen (secondary N) is 1. The highest BCUT2D eigenvalue weighted by Gasteiger charge is 2.43. The van der Waals surface area contributed by atoms with Gasteiger partial charge in [-0.1, -0.05) is 43.1 Å². The van der Waals surface area contributed by atoms with Crippen LogP contribution in [0.1, 0.15) is 62.2 Å². The molecular formula is C19H23N3O3. The van der Waals surface area contributed by atoms with Crippen molar-refractivity contribution < 1.29 is 14.1 Å². The smallest absolute Gasteiger partial charge is 0.228 e. The maximum Gasteiger partial charge on any atom is 0.228 e. The zero-order chi connectivity index (χ0) is 17.3. The second-order valence-electron chi connectivity index (χ2n) is 6.87. The Morgan fingerprint density at radius 3 is 2.88 bits per heavy atom. The molecule has 4 rings (SSSR count). The molecule has 6 heteroatoms. The third-order valence-electron chi connectivity index (χ3n) is 5.29. The van der Waals surface area contributed by atoms with Crippen LogP contribution in [0.15, 0.2) is 28.8 Å². The molecule has 2 heterocycles. The van der Waals surface area contributed by atoms with Gasteiger partial charge >= 0.3 is 0 Å². The molecule has 0 bridgehead atoms. The van der Waals surface area contributed by atoms with E-state index in [1.54, 1.807) is 0 Å². The lowest BCUT2D eigenvalue weighted by Crippen LogP contribution is -2.47. The van der Waals surface area contributed by atoms with Gasteiger partial charge in [-0.25, -0.2) is 0 Å². The van der Waals surface area contributed by atoms with E-state index in [2.05, 4.69) is 15.5 Å². The molecule has 1 aromatic carbocycles. The van der Waals surface area contributed by atoms with Gasteiger partial charge in [0.2, 0.25) is 11.8 Å². The number of nitrogens with zero attached hydrogens (tertiary/aromatic N) is 2. The average Bonchev–Trinajstić information content (AvgIpc) is 3.31. The lowest BCUT2D eigenvalue weighted by molar-refractivity contribution is -0.125. The number of hydrogen-bond acceptors (Lipinski definition) is 5. The van der Waals surface area contributed by atoms with Gasteiger partial charge in [-0.05, 0) is 25.3 Å². The normalized spacial score (nSPS) is 21.4. The summed E-state index contributed by atoms with van der Waals surface area (Å²) < 4.78 is 11.0. The van der Waals surface area contributed by atoms with E-state index in [1.807, 2.05) is 31.2 Å². The van der Waals surface area contributed by atoms with Gasteiger partial charge in [0, 0.05) is 12.0 Å². The second-order valence-corrected chi connectivity index (χ2v) is 6.87. The zero-order valence-electron chi connectivity index (χ0n) is 14.5. The van der Waals surface area contributed by atoms with Gasteiger partial charge in [-0.2, -0.15) is 4.98 Å². The van der Waals surface area contributed by atoms with Crippen molar-refractivity contribution in [3.05, 3.63) is 41.5 Å². The number of ether oxygens (including phenoxy) is 1. The van der Waals surface area contributed by atoms with E-state index in [9.17, 15) is 4.79 Å². The lowest BCUT2D eigenvalue weighted by Gasteiger charge is -2.31. The number of amides is 1. The highest BCUT2D eigenvalue weighted by Crippen LogP contribution is 2.39. The van der Waals surface area contributed by atoms with Crippen molar-refractivity contribution in [3.8, 4) is 5.75 Å². The number of aromatic nitrogens is 2. The molecule has 1 saturated carbocycles. The Morgan fingerprint density at radius 2 is 2.12 bits per heavy atom. The number of carbonyl (C=O) groups excluding carboxylic acids is 1. The lowest BCUT2D eigenvalue weighted by atomic mass is 9.89. The summed E-state index contributed by atoms with van der Waals surface area (Å²) in [6, 6.07) is 7.78. The monoisotopic (exact) mass is 341 g/mol. The molecule has 0 radical (unpaired) electrons. The van der Waals surface area contributed by atoms with Crippen LogP contribution in [0.5, 0.6) is 5.75 Å². The number of hydrogen-bond donors (Lipinski definition) is 1. The van der Waals surface area contributed by atoms with Crippen LogP contribution in [0.4, 0.5) is 0 Å². The molecule has 132 valence electrons. The minimum absolute atomic E-state index is 0.0282. The van der Waals surface area contributed by atoms with Crippen molar-refractivity contribution in [1.29, 1.82) is 0 Å². The average molecular weight is 341 g/mol. The van der Waals surface area contributed by atoms with Gasteiger partial charge in [0.15, 0.2) is 5.82 Å². The molecule has 0 unspecified atom stereocenters. The third-order valence-corrected chi connectivity index (χ3v) is 5.29. The van der Waals surface area contributed by atoms with E-state index in [0.717, 1.165) is 37.0 Å². The first-order valence-electron chi connectivity index (χ1n) is 9.09. The predicted octanol–water partition coefficient (Wildman–Crippen LogP) is 3.08.